The lowest BCUT2D eigenvalue weighted by Crippen LogP contribution is -2.30. The second-order valence-corrected chi connectivity index (χ2v) is 4.56. The number of rotatable bonds is 2. The van der Waals surface area contributed by atoms with Gasteiger partial charge in [0.25, 0.3) is 0 Å². The molecule has 1 aromatic carbocycles. The van der Waals surface area contributed by atoms with Crippen molar-refractivity contribution in [1.82, 2.24) is 0 Å². The first-order chi connectivity index (χ1) is 6.89. The topological polar surface area (TPSA) is 26.3 Å². The highest BCUT2D eigenvalue weighted by Crippen LogP contribution is 2.30. The van der Waals surface area contributed by atoms with Crippen LogP contribution >= 0.6 is 23.2 Å². The van der Waals surface area contributed by atoms with Gasteiger partial charge in [-0.15, -0.1) is 0 Å². The summed E-state index contributed by atoms with van der Waals surface area (Å²) in [5, 5.41) is 0.909. The number of ether oxygens (including phenoxy) is 1. The summed E-state index contributed by atoms with van der Waals surface area (Å²) in [5.74, 6) is -0.305. The molecule has 0 spiro atoms. The molecule has 0 radical (unpaired) electrons. The van der Waals surface area contributed by atoms with E-state index in [1.54, 1.807) is 32.0 Å². The zero-order valence-electron chi connectivity index (χ0n) is 8.80. The third kappa shape index (κ3) is 2.44. The number of carbonyl (C=O) groups is 1. The molecule has 0 unspecified atom stereocenters. The number of hydrogen-bond donors (Lipinski definition) is 0. The van der Waals surface area contributed by atoms with Crippen molar-refractivity contribution in [3.8, 4) is 0 Å². The molecule has 2 nitrogen and oxygen atoms in total. The Kier molecular flexibility index (Phi) is 3.63. The standard InChI is InChI=1S/C11H12Cl2O2/c1-11(2,10(14)15-3)7-4-5-8(12)9(13)6-7/h4-6H,1-3H3. The van der Waals surface area contributed by atoms with Gasteiger partial charge in [-0.1, -0.05) is 29.3 Å². The largest absolute Gasteiger partial charge is 0.468 e. The maximum absolute atomic E-state index is 11.5. The van der Waals surface area contributed by atoms with E-state index >= 15 is 0 Å². The normalized spacial score (nSPS) is 11.3. The van der Waals surface area contributed by atoms with Crippen LogP contribution in [0.5, 0.6) is 0 Å². The fourth-order valence-corrected chi connectivity index (χ4v) is 1.56. The minimum atomic E-state index is -0.719. The maximum atomic E-state index is 11.5. The van der Waals surface area contributed by atoms with Gasteiger partial charge in [0.05, 0.1) is 22.6 Å². The Morgan fingerprint density at radius 2 is 1.87 bits per heavy atom. The first-order valence-corrected chi connectivity index (χ1v) is 5.19. The Morgan fingerprint density at radius 3 is 2.33 bits per heavy atom. The van der Waals surface area contributed by atoms with Crippen LogP contribution in [0.25, 0.3) is 0 Å². The van der Waals surface area contributed by atoms with Gasteiger partial charge in [0, 0.05) is 0 Å². The lowest BCUT2D eigenvalue weighted by Gasteiger charge is -2.22. The van der Waals surface area contributed by atoms with Gasteiger partial charge in [0.2, 0.25) is 0 Å². The predicted octanol–water partition coefficient (Wildman–Crippen LogP) is 3.44. The molecule has 0 saturated carbocycles. The molecule has 0 aromatic heterocycles. The van der Waals surface area contributed by atoms with Crippen molar-refractivity contribution in [2.45, 2.75) is 19.3 Å². The van der Waals surface area contributed by atoms with E-state index < -0.39 is 5.41 Å². The van der Waals surface area contributed by atoms with Crippen LogP contribution in [0.3, 0.4) is 0 Å². The molecule has 0 amide bonds. The summed E-state index contributed by atoms with van der Waals surface area (Å²) in [5.41, 5.74) is 0.0620. The van der Waals surface area contributed by atoms with Crippen LogP contribution < -0.4 is 0 Å². The Morgan fingerprint density at radius 1 is 1.27 bits per heavy atom. The summed E-state index contributed by atoms with van der Waals surface area (Å²) in [6.07, 6.45) is 0. The summed E-state index contributed by atoms with van der Waals surface area (Å²) in [6.45, 7) is 3.55. The van der Waals surface area contributed by atoms with Gasteiger partial charge in [-0.2, -0.15) is 0 Å². The predicted molar refractivity (Wildman–Crippen MR) is 61.5 cm³/mol. The van der Waals surface area contributed by atoms with Gasteiger partial charge >= 0.3 is 5.97 Å². The Bertz CT molecular complexity index is 386. The zero-order valence-corrected chi connectivity index (χ0v) is 10.3. The average molecular weight is 247 g/mol. The summed E-state index contributed by atoms with van der Waals surface area (Å²) in [4.78, 5) is 11.5. The zero-order chi connectivity index (χ0) is 11.6. The molecule has 0 aliphatic rings. The van der Waals surface area contributed by atoms with Gasteiger partial charge in [0.1, 0.15) is 0 Å². The van der Waals surface area contributed by atoms with Gasteiger partial charge in [0.15, 0.2) is 0 Å². The van der Waals surface area contributed by atoms with Crippen molar-refractivity contribution >= 4 is 29.2 Å². The monoisotopic (exact) mass is 246 g/mol. The lowest BCUT2D eigenvalue weighted by molar-refractivity contribution is -0.146. The van der Waals surface area contributed by atoms with Crippen LogP contribution in [0, 0.1) is 0 Å². The molecule has 0 aliphatic heterocycles. The van der Waals surface area contributed by atoms with E-state index in [2.05, 4.69) is 0 Å². The third-order valence-electron chi connectivity index (χ3n) is 2.34. The highest BCUT2D eigenvalue weighted by Gasteiger charge is 2.31. The fourth-order valence-electron chi connectivity index (χ4n) is 1.26. The molecule has 0 aliphatic carbocycles. The summed E-state index contributed by atoms with van der Waals surface area (Å²) in [6, 6.07) is 5.12. The van der Waals surface area contributed by atoms with E-state index in [1.165, 1.54) is 7.11 Å². The highest BCUT2D eigenvalue weighted by molar-refractivity contribution is 6.42. The maximum Gasteiger partial charge on any atom is 0.315 e. The number of methoxy groups -OCH3 is 1. The van der Waals surface area contributed by atoms with Crippen molar-refractivity contribution in [1.29, 1.82) is 0 Å². The smallest absolute Gasteiger partial charge is 0.315 e. The molecule has 1 rings (SSSR count). The molecule has 0 bridgehead atoms. The molecule has 82 valence electrons. The molecule has 15 heavy (non-hydrogen) atoms. The van der Waals surface area contributed by atoms with E-state index in [9.17, 15) is 4.79 Å². The molecule has 1 aromatic rings. The molecule has 0 atom stereocenters. The average Bonchev–Trinajstić information content (AvgIpc) is 2.20. The Hall–Kier alpha value is -0.730. The van der Waals surface area contributed by atoms with Crippen LogP contribution in [0.4, 0.5) is 0 Å². The number of benzene rings is 1. The SMILES string of the molecule is COC(=O)C(C)(C)c1ccc(Cl)c(Cl)c1. The third-order valence-corrected chi connectivity index (χ3v) is 3.08. The van der Waals surface area contributed by atoms with Gasteiger partial charge in [-0.3, -0.25) is 4.79 Å². The molecular weight excluding hydrogens is 235 g/mol. The number of esters is 1. The number of halogens is 2. The summed E-state index contributed by atoms with van der Waals surface area (Å²) in [7, 11) is 1.36. The quantitative estimate of drug-likeness (QED) is 0.748. The number of hydrogen-bond acceptors (Lipinski definition) is 2. The molecule has 0 N–H and O–H groups in total. The van der Waals surface area contributed by atoms with Crippen LogP contribution in [0.1, 0.15) is 19.4 Å². The molecule has 0 saturated heterocycles. The van der Waals surface area contributed by atoms with E-state index in [1.807, 2.05) is 0 Å². The van der Waals surface area contributed by atoms with E-state index in [4.69, 9.17) is 27.9 Å². The van der Waals surface area contributed by atoms with Crippen LogP contribution in [-0.4, -0.2) is 13.1 Å². The highest BCUT2D eigenvalue weighted by atomic mass is 35.5. The minimum Gasteiger partial charge on any atom is -0.468 e. The minimum absolute atomic E-state index is 0.305. The molecular formula is C11H12Cl2O2. The van der Waals surface area contributed by atoms with Crippen LogP contribution in [0.2, 0.25) is 10.0 Å². The van der Waals surface area contributed by atoms with Crippen LogP contribution in [0.15, 0.2) is 18.2 Å². The Balaban J connectivity index is 3.16. The van der Waals surface area contributed by atoms with Crippen molar-refractivity contribution in [3.63, 3.8) is 0 Å². The first kappa shape index (κ1) is 12.3. The Labute approximate surface area is 99.1 Å². The van der Waals surface area contributed by atoms with E-state index in [0.29, 0.717) is 10.0 Å². The van der Waals surface area contributed by atoms with Crippen LogP contribution in [-0.2, 0) is 14.9 Å². The van der Waals surface area contributed by atoms with E-state index in [0.717, 1.165) is 5.56 Å². The molecule has 0 heterocycles. The van der Waals surface area contributed by atoms with Crippen molar-refractivity contribution < 1.29 is 9.53 Å². The van der Waals surface area contributed by atoms with Crippen molar-refractivity contribution in [3.05, 3.63) is 33.8 Å². The summed E-state index contributed by atoms with van der Waals surface area (Å²) >= 11 is 11.7. The molecule has 4 heteroatoms. The molecule has 0 fully saturated rings. The number of carbonyl (C=O) groups excluding carboxylic acids is 1. The van der Waals surface area contributed by atoms with E-state index in [-0.39, 0.29) is 5.97 Å². The fraction of sp³-hybridized carbons (Fsp3) is 0.364. The van der Waals surface area contributed by atoms with Crippen molar-refractivity contribution in [2.75, 3.05) is 7.11 Å². The van der Waals surface area contributed by atoms with Crippen molar-refractivity contribution in [2.24, 2.45) is 0 Å². The van der Waals surface area contributed by atoms with Gasteiger partial charge < -0.3 is 4.74 Å². The second-order valence-electron chi connectivity index (χ2n) is 3.75. The first-order valence-electron chi connectivity index (χ1n) is 4.43. The second kappa shape index (κ2) is 4.42. The summed E-state index contributed by atoms with van der Waals surface area (Å²) < 4.78 is 4.72. The lowest BCUT2D eigenvalue weighted by atomic mass is 9.85. The van der Waals surface area contributed by atoms with Gasteiger partial charge in [-0.05, 0) is 31.5 Å². The van der Waals surface area contributed by atoms with Gasteiger partial charge in [-0.25, -0.2) is 0 Å².